The van der Waals surface area contributed by atoms with E-state index in [2.05, 4.69) is 4.98 Å². The smallest absolute Gasteiger partial charge is 0.364 e. The van der Waals surface area contributed by atoms with E-state index < -0.39 is 29.0 Å². The summed E-state index contributed by atoms with van der Waals surface area (Å²) in [7, 11) is 0. The Hall–Kier alpha value is -3.44. The Morgan fingerprint density at radius 1 is 1.16 bits per heavy atom. The fourth-order valence-electron chi connectivity index (χ4n) is 3.55. The van der Waals surface area contributed by atoms with Crippen LogP contribution < -0.4 is 0 Å². The Balaban J connectivity index is 2.04. The van der Waals surface area contributed by atoms with Crippen LogP contribution in [0.15, 0.2) is 42.5 Å². The average Bonchev–Trinajstić information content (AvgIpc) is 2.72. The maximum Gasteiger partial charge on any atom is 0.433 e. The summed E-state index contributed by atoms with van der Waals surface area (Å²) < 4.78 is 41.2. The van der Waals surface area contributed by atoms with E-state index in [4.69, 9.17) is 5.53 Å². The highest BCUT2D eigenvalue weighted by molar-refractivity contribution is 5.85. The Kier molecular flexibility index (Phi) is 6.24. The van der Waals surface area contributed by atoms with Gasteiger partial charge in [-0.05, 0) is 24.1 Å². The van der Waals surface area contributed by atoms with E-state index in [9.17, 15) is 33.5 Å². The van der Waals surface area contributed by atoms with Gasteiger partial charge in [0.05, 0.1) is 16.0 Å². The zero-order valence-electron chi connectivity index (χ0n) is 17.1. The Labute approximate surface area is 180 Å². The first kappa shape index (κ1) is 23.2. The molecule has 2 aromatic carbocycles. The number of aromatic nitrogens is 1. The minimum absolute atomic E-state index is 0.0111. The van der Waals surface area contributed by atoms with E-state index in [0.717, 1.165) is 22.9 Å². The molecule has 1 atom stereocenters. The third-order valence-electron chi connectivity index (χ3n) is 5.14. The fraction of sp³-hybridized carbons (Fsp3) is 0.286. The first-order chi connectivity index (χ1) is 14.9. The van der Waals surface area contributed by atoms with Gasteiger partial charge in [0.2, 0.25) is 5.69 Å². The number of rotatable bonds is 6. The lowest BCUT2D eigenvalue weighted by molar-refractivity contribution is -0.539. The topological polar surface area (TPSA) is 123 Å². The Morgan fingerprint density at radius 2 is 1.84 bits per heavy atom. The van der Waals surface area contributed by atoms with Crippen LogP contribution in [-0.2, 0) is 6.18 Å². The van der Waals surface area contributed by atoms with Gasteiger partial charge in [0.15, 0.2) is 12.8 Å². The summed E-state index contributed by atoms with van der Waals surface area (Å²) in [4.78, 5) is 14.0. The monoisotopic (exact) mass is 449 g/mol. The molecule has 8 nitrogen and oxygen atoms in total. The molecular formula is C21H20F3N4O4+. The predicted molar refractivity (Wildman–Crippen MR) is 108 cm³/mol. The van der Waals surface area contributed by atoms with E-state index in [-0.39, 0.29) is 29.0 Å². The summed E-state index contributed by atoms with van der Waals surface area (Å²) >= 11 is 0. The minimum atomic E-state index is -4.65. The van der Waals surface area contributed by atoms with Gasteiger partial charge < -0.3 is 10.2 Å². The summed E-state index contributed by atoms with van der Waals surface area (Å²) in [6, 6.07) is 9.23. The number of hydrogen-bond donors (Lipinski definition) is 3. The predicted octanol–water partition coefficient (Wildman–Crippen LogP) is 4.93. The molecule has 0 aliphatic carbocycles. The second-order valence-corrected chi connectivity index (χ2v) is 7.45. The number of nitro benzene ring substituents is 1. The summed E-state index contributed by atoms with van der Waals surface area (Å²) in [5.74, 6) is -0.597. The van der Waals surface area contributed by atoms with Crippen LogP contribution in [-0.4, -0.2) is 31.4 Å². The molecule has 32 heavy (non-hydrogen) atoms. The van der Waals surface area contributed by atoms with Gasteiger partial charge in [-0.2, -0.15) is 13.2 Å². The average molecular weight is 449 g/mol. The SMILES string of the molecule is Cc1cccc2c(C(C)C[N+](=N)c3ccc([N+](=O)[O-])cc3C(O)O)cc(C(F)(F)F)nc12. The van der Waals surface area contributed by atoms with Crippen molar-refractivity contribution in [3.63, 3.8) is 0 Å². The van der Waals surface area contributed by atoms with Crippen molar-refractivity contribution in [1.82, 2.24) is 4.98 Å². The number of benzene rings is 2. The second-order valence-electron chi connectivity index (χ2n) is 7.45. The molecule has 0 saturated carbocycles. The minimum Gasteiger partial charge on any atom is -0.364 e. The van der Waals surface area contributed by atoms with Crippen molar-refractivity contribution in [3.05, 3.63) is 75.0 Å². The number of nitrogens with zero attached hydrogens (tertiary/aromatic N) is 3. The third kappa shape index (κ3) is 4.58. The van der Waals surface area contributed by atoms with E-state index in [1.807, 2.05) is 0 Å². The van der Waals surface area contributed by atoms with Crippen molar-refractivity contribution >= 4 is 22.3 Å². The van der Waals surface area contributed by atoms with Crippen LogP contribution in [0, 0.1) is 22.6 Å². The molecule has 1 aromatic heterocycles. The number of para-hydroxylation sites is 1. The molecule has 0 fully saturated rings. The normalized spacial score (nSPS) is 12.9. The highest BCUT2D eigenvalue weighted by Gasteiger charge is 2.35. The van der Waals surface area contributed by atoms with Gasteiger partial charge in [0, 0.05) is 29.5 Å². The maximum absolute atomic E-state index is 13.4. The number of fused-ring (bicyclic) bond motifs is 1. The zero-order valence-corrected chi connectivity index (χ0v) is 17.1. The molecule has 0 saturated heterocycles. The number of aliphatic hydroxyl groups excluding tert-OH is 1. The zero-order chi connectivity index (χ0) is 23.8. The second kappa shape index (κ2) is 8.60. The molecule has 3 N–H and O–H groups in total. The van der Waals surface area contributed by atoms with Gasteiger partial charge in [-0.3, -0.25) is 10.1 Å². The van der Waals surface area contributed by atoms with Gasteiger partial charge in [0.25, 0.3) is 5.69 Å². The molecule has 1 heterocycles. The van der Waals surface area contributed by atoms with E-state index >= 15 is 0 Å². The van der Waals surface area contributed by atoms with E-state index in [0.29, 0.717) is 16.5 Å². The van der Waals surface area contributed by atoms with Crippen molar-refractivity contribution in [3.8, 4) is 0 Å². The molecule has 0 aliphatic heterocycles. The van der Waals surface area contributed by atoms with E-state index in [1.54, 1.807) is 32.0 Å². The van der Waals surface area contributed by atoms with Gasteiger partial charge in [0.1, 0.15) is 5.69 Å². The summed E-state index contributed by atoms with van der Waals surface area (Å²) in [6.07, 6.45) is -6.73. The molecule has 0 radical (unpaired) electrons. The van der Waals surface area contributed by atoms with Gasteiger partial charge in [-0.1, -0.05) is 35.4 Å². The van der Waals surface area contributed by atoms with Crippen LogP contribution in [0.2, 0.25) is 0 Å². The molecular weight excluding hydrogens is 429 g/mol. The molecule has 11 heteroatoms. The van der Waals surface area contributed by atoms with Crippen LogP contribution in [0.1, 0.15) is 41.5 Å². The highest BCUT2D eigenvalue weighted by atomic mass is 19.4. The summed E-state index contributed by atoms with van der Waals surface area (Å²) in [6.45, 7) is 3.17. The first-order valence-electron chi connectivity index (χ1n) is 9.51. The molecule has 3 aromatic rings. The van der Waals surface area contributed by atoms with E-state index in [1.165, 1.54) is 6.07 Å². The third-order valence-corrected chi connectivity index (χ3v) is 5.14. The number of nitrogens with one attached hydrogen (secondary N) is 1. The number of nitro groups is 1. The molecule has 1 unspecified atom stereocenters. The lowest BCUT2D eigenvalue weighted by Crippen LogP contribution is -2.16. The van der Waals surface area contributed by atoms with Crippen molar-refractivity contribution in [2.24, 2.45) is 0 Å². The molecule has 0 amide bonds. The number of aryl methyl sites for hydroxylation is 1. The van der Waals surface area contributed by atoms with Crippen LogP contribution in [0.25, 0.3) is 10.9 Å². The highest BCUT2D eigenvalue weighted by Crippen LogP contribution is 2.36. The quantitative estimate of drug-likeness (QED) is 0.162. The summed E-state index contributed by atoms with van der Waals surface area (Å²) in [5, 5.41) is 30.7. The Bertz CT molecular complexity index is 1210. The van der Waals surface area contributed by atoms with Gasteiger partial charge in [-0.25, -0.2) is 4.98 Å². The largest absolute Gasteiger partial charge is 0.433 e. The Morgan fingerprint density at radius 3 is 2.44 bits per heavy atom. The number of hydrogen-bond acceptors (Lipinski definition) is 6. The number of pyridine rings is 1. The lowest BCUT2D eigenvalue weighted by atomic mass is 9.94. The van der Waals surface area contributed by atoms with Crippen molar-refractivity contribution in [2.75, 3.05) is 6.54 Å². The van der Waals surface area contributed by atoms with Crippen LogP contribution >= 0.6 is 0 Å². The number of halogens is 3. The molecule has 3 rings (SSSR count). The maximum atomic E-state index is 13.4. The van der Waals surface area contributed by atoms with Gasteiger partial charge in [-0.15, -0.1) is 0 Å². The van der Waals surface area contributed by atoms with Crippen LogP contribution in [0.5, 0.6) is 0 Å². The number of non-ortho nitro benzene ring substituents is 1. The molecule has 0 spiro atoms. The van der Waals surface area contributed by atoms with Crippen molar-refractivity contribution in [2.45, 2.75) is 32.2 Å². The van der Waals surface area contributed by atoms with Crippen molar-refractivity contribution in [1.29, 1.82) is 5.53 Å². The van der Waals surface area contributed by atoms with Crippen LogP contribution in [0.4, 0.5) is 24.5 Å². The first-order valence-corrected chi connectivity index (χ1v) is 9.51. The number of alkyl halides is 3. The number of aliphatic hydroxyl groups is 2. The van der Waals surface area contributed by atoms with Crippen LogP contribution in [0.3, 0.4) is 0 Å². The van der Waals surface area contributed by atoms with Gasteiger partial charge >= 0.3 is 6.18 Å². The molecule has 0 bridgehead atoms. The molecule has 0 aliphatic rings. The van der Waals surface area contributed by atoms with Crippen molar-refractivity contribution < 1.29 is 33.0 Å². The standard InChI is InChI=1S/C21H20F3N4O4/c1-11-4-3-5-14-15(9-18(21(22,23)24)26-19(11)14)12(2)10-27(25)17-7-6-13(28(31)32)8-16(17)20(29)30/h3-9,12,20,25,29-30H,10H2,1-2H3/q+1. The fourth-order valence-corrected chi connectivity index (χ4v) is 3.55. The molecule has 168 valence electrons. The lowest BCUT2D eigenvalue weighted by Gasteiger charge is -2.16. The summed E-state index contributed by atoms with van der Waals surface area (Å²) in [5.41, 5.74) is 7.76.